The second-order valence-electron chi connectivity index (χ2n) is 7.05. The summed E-state index contributed by atoms with van der Waals surface area (Å²) in [7, 11) is 0. The molecule has 154 valence electrons. The second-order valence-corrected chi connectivity index (χ2v) is 7.05. The van der Waals surface area contributed by atoms with Crippen LogP contribution in [0.2, 0.25) is 0 Å². The molecule has 0 radical (unpaired) electrons. The highest BCUT2D eigenvalue weighted by Crippen LogP contribution is 2.18. The minimum absolute atomic E-state index is 0.0921. The van der Waals surface area contributed by atoms with Crippen molar-refractivity contribution in [1.29, 1.82) is 0 Å². The summed E-state index contributed by atoms with van der Waals surface area (Å²) >= 11 is 0. The largest absolute Gasteiger partial charge is 0.504 e. The SMILES string of the molecule is Cc1ccc(Cn2cc(C(=O)c3ccccc3)cc2C(=O)C=C(O)c2nn[nH]n2)cc1. The zero-order valence-electron chi connectivity index (χ0n) is 16.7. The van der Waals surface area contributed by atoms with Crippen LogP contribution in [-0.4, -0.2) is 41.9 Å². The Bertz CT molecular complexity index is 1240. The van der Waals surface area contributed by atoms with Gasteiger partial charge < -0.3 is 9.67 Å². The van der Waals surface area contributed by atoms with Crippen molar-refractivity contribution >= 4 is 17.3 Å². The van der Waals surface area contributed by atoms with E-state index in [9.17, 15) is 14.7 Å². The number of nitrogens with one attached hydrogen (secondary N) is 1. The third-order valence-electron chi connectivity index (χ3n) is 4.76. The Balaban J connectivity index is 1.71. The van der Waals surface area contributed by atoms with Crippen LogP contribution in [0.5, 0.6) is 0 Å². The third kappa shape index (κ3) is 4.48. The number of benzene rings is 2. The number of hydrogen-bond donors (Lipinski definition) is 2. The normalized spacial score (nSPS) is 11.5. The molecular weight excluding hydrogens is 394 g/mol. The van der Waals surface area contributed by atoms with Gasteiger partial charge in [-0.3, -0.25) is 9.59 Å². The number of rotatable bonds is 7. The van der Waals surface area contributed by atoms with Gasteiger partial charge in [-0.1, -0.05) is 60.2 Å². The fourth-order valence-electron chi connectivity index (χ4n) is 3.15. The number of aryl methyl sites for hydroxylation is 1. The first-order valence-electron chi connectivity index (χ1n) is 9.55. The highest BCUT2D eigenvalue weighted by atomic mass is 16.3. The number of hydrogen-bond acceptors (Lipinski definition) is 6. The summed E-state index contributed by atoms with van der Waals surface area (Å²) in [5.74, 6) is -1.19. The first-order valence-corrected chi connectivity index (χ1v) is 9.55. The second kappa shape index (κ2) is 8.58. The third-order valence-corrected chi connectivity index (χ3v) is 4.76. The molecule has 0 aliphatic heterocycles. The average molecular weight is 413 g/mol. The van der Waals surface area contributed by atoms with Gasteiger partial charge in [0.2, 0.25) is 11.6 Å². The smallest absolute Gasteiger partial charge is 0.239 e. The summed E-state index contributed by atoms with van der Waals surface area (Å²) in [5, 5.41) is 23.0. The van der Waals surface area contributed by atoms with Crippen LogP contribution >= 0.6 is 0 Å². The first kappa shape index (κ1) is 20.0. The minimum atomic E-state index is -0.485. The Morgan fingerprint density at radius 2 is 1.81 bits per heavy atom. The van der Waals surface area contributed by atoms with Crippen LogP contribution in [0.3, 0.4) is 0 Å². The molecule has 4 aromatic rings. The topological polar surface area (TPSA) is 114 Å². The van der Waals surface area contributed by atoms with Crippen molar-refractivity contribution in [3.63, 3.8) is 0 Å². The van der Waals surface area contributed by atoms with Crippen LogP contribution < -0.4 is 0 Å². The molecule has 0 aliphatic carbocycles. The molecule has 0 saturated carbocycles. The van der Waals surface area contributed by atoms with Gasteiger partial charge >= 0.3 is 0 Å². The van der Waals surface area contributed by atoms with Crippen molar-refractivity contribution in [3.8, 4) is 0 Å². The van der Waals surface area contributed by atoms with Crippen LogP contribution in [0.25, 0.3) is 5.76 Å². The van der Waals surface area contributed by atoms with Gasteiger partial charge in [-0.05, 0) is 23.8 Å². The molecular formula is C23H19N5O3. The molecule has 31 heavy (non-hydrogen) atoms. The van der Waals surface area contributed by atoms with Crippen molar-refractivity contribution in [1.82, 2.24) is 25.2 Å². The fraction of sp³-hybridized carbons (Fsp3) is 0.0870. The highest BCUT2D eigenvalue weighted by Gasteiger charge is 2.19. The lowest BCUT2D eigenvalue weighted by atomic mass is 10.1. The van der Waals surface area contributed by atoms with Gasteiger partial charge in [0.15, 0.2) is 11.5 Å². The summed E-state index contributed by atoms with van der Waals surface area (Å²) in [6, 6.07) is 18.3. The van der Waals surface area contributed by atoms with E-state index in [4.69, 9.17) is 0 Å². The van der Waals surface area contributed by atoms with Crippen LogP contribution in [0.15, 0.2) is 72.9 Å². The van der Waals surface area contributed by atoms with Gasteiger partial charge in [0, 0.05) is 29.9 Å². The zero-order chi connectivity index (χ0) is 21.8. The number of carbonyl (C=O) groups excluding carboxylic acids is 2. The van der Waals surface area contributed by atoms with Gasteiger partial charge in [0.25, 0.3) is 0 Å². The average Bonchev–Trinajstić information content (AvgIpc) is 3.46. The summed E-state index contributed by atoms with van der Waals surface area (Å²) in [5.41, 5.74) is 3.27. The molecule has 2 aromatic heterocycles. The summed E-state index contributed by atoms with van der Waals surface area (Å²) < 4.78 is 1.70. The molecule has 2 heterocycles. The molecule has 0 amide bonds. The number of aliphatic hydroxyl groups excluding tert-OH is 1. The van der Waals surface area contributed by atoms with Crippen molar-refractivity contribution in [2.75, 3.05) is 0 Å². The van der Waals surface area contributed by atoms with Crippen molar-refractivity contribution in [2.24, 2.45) is 0 Å². The number of allylic oxidation sites excluding steroid dienone is 1. The zero-order valence-corrected chi connectivity index (χ0v) is 16.7. The maximum atomic E-state index is 12.9. The lowest BCUT2D eigenvalue weighted by Gasteiger charge is -2.08. The Hall–Kier alpha value is -4.33. The van der Waals surface area contributed by atoms with E-state index in [-0.39, 0.29) is 17.3 Å². The Labute approximate surface area is 177 Å². The number of tetrazole rings is 1. The van der Waals surface area contributed by atoms with Gasteiger partial charge in [0.05, 0.1) is 5.69 Å². The quantitative estimate of drug-likeness (QED) is 0.273. The molecule has 0 spiro atoms. The van der Waals surface area contributed by atoms with E-state index in [0.717, 1.165) is 17.2 Å². The number of aromatic amines is 1. The van der Waals surface area contributed by atoms with E-state index in [1.165, 1.54) is 6.07 Å². The minimum Gasteiger partial charge on any atom is -0.504 e. The van der Waals surface area contributed by atoms with E-state index in [0.29, 0.717) is 17.7 Å². The monoisotopic (exact) mass is 413 g/mol. The number of carbonyl (C=O) groups is 2. The van der Waals surface area contributed by atoms with Crippen molar-refractivity contribution in [2.45, 2.75) is 13.5 Å². The molecule has 4 rings (SSSR count). The van der Waals surface area contributed by atoms with E-state index in [1.807, 2.05) is 37.3 Å². The van der Waals surface area contributed by atoms with Crippen LogP contribution in [-0.2, 0) is 6.54 Å². The maximum absolute atomic E-state index is 12.9. The Morgan fingerprint density at radius 1 is 1.06 bits per heavy atom. The van der Waals surface area contributed by atoms with Crippen molar-refractivity contribution < 1.29 is 14.7 Å². The van der Waals surface area contributed by atoms with Crippen LogP contribution in [0, 0.1) is 6.92 Å². The molecule has 2 N–H and O–H groups in total. The maximum Gasteiger partial charge on any atom is 0.239 e. The van der Waals surface area contributed by atoms with Gasteiger partial charge in [-0.25, -0.2) is 0 Å². The molecule has 2 aromatic carbocycles. The number of nitrogens with zero attached hydrogens (tertiary/aromatic N) is 4. The number of aliphatic hydroxyl groups is 1. The van der Waals surface area contributed by atoms with Gasteiger partial charge in [-0.15, -0.1) is 10.2 Å². The van der Waals surface area contributed by atoms with E-state index in [2.05, 4.69) is 20.6 Å². The molecule has 0 unspecified atom stereocenters. The summed E-state index contributed by atoms with van der Waals surface area (Å²) in [6.07, 6.45) is 2.67. The van der Waals surface area contributed by atoms with E-state index < -0.39 is 11.5 Å². The standard InChI is InChI=1S/C23H19N5O3/c1-15-7-9-16(10-8-15)13-28-14-18(22(31)17-5-3-2-4-6-17)11-19(28)20(29)12-21(30)23-24-26-27-25-23/h2-12,14,30H,13H2,1H3,(H,24,25,26,27). The van der Waals surface area contributed by atoms with Gasteiger partial charge in [-0.2, -0.15) is 5.21 Å². The lowest BCUT2D eigenvalue weighted by molar-refractivity contribution is 0.103. The van der Waals surface area contributed by atoms with Gasteiger partial charge in [0.1, 0.15) is 0 Å². The molecule has 0 atom stereocenters. The molecule has 0 aliphatic rings. The Kier molecular flexibility index (Phi) is 5.53. The Morgan fingerprint density at radius 3 is 2.48 bits per heavy atom. The number of ketones is 2. The molecule has 8 nitrogen and oxygen atoms in total. The predicted octanol–water partition coefficient (Wildman–Crippen LogP) is 3.37. The summed E-state index contributed by atoms with van der Waals surface area (Å²) in [6.45, 7) is 2.39. The predicted molar refractivity (Wildman–Crippen MR) is 114 cm³/mol. The van der Waals surface area contributed by atoms with E-state index >= 15 is 0 Å². The fourth-order valence-corrected chi connectivity index (χ4v) is 3.15. The first-order chi connectivity index (χ1) is 15.0. The summed E-state index contributed by atoms with van der Waals surface area (Å²) in [4.78, 5) is 25.9. The van der Waals surface area contributed by atoms with Crippen LogP contribution in [0.4, 0.5) is 0 Å². The molecule has 8 heteroatoms. The molecule has 0 saturated heterocycles. The lowest BCUT2D eigenvalue weighted by Crippen LogP contribution is -2.08. The molecule has 0 bridgehead atoms. The molecule has 0 fully saturated rings. The van der Waals surface area contributed by atoms with Crippen LogP contribution in [0.1, 0.15) is 43.4 Å². The van der Waals surface area contributed by atoms with E-state index in [1.54, 1.807) is 35.0 Å². The highest BCUT2D eigenvalue weighted by molar-refractivity contribution is 6.12. The van der Waals surface area contributed by atoms with Crippen molar-refractivity contribution in [3.05, 3.63) is 107 Å². The number of aromatic nitrogens is 5. The number of H-pyrrole nitrogens is 1.